The Morgan fingerprint density at radius 1 is 1.29 bits per heavy atom. The monoisotopic (exact) mass is 288 g/mol. The molecule has 3 rings (SSSR count). The van der Waals surface area contributed by atoms with Crippen LogP contribution < -0.4 is 5.32 Å². The fourth-order valence-electron chi connectivity index (χ4n) is 2.53. The molecule has 112 valence electrons. The van der Waals surface area contributed by atoms with Crippen molar-refractivity contribution in [3.05, 3.63) is 30.5 Å². The molecule has 0 aliphatic carbocycles. The standard InChI is InChI=1S/C15H20N4O2/c20-15(16-6-3-7-18-8-10-21-11-9-18)19-14-5-2-1-4-13(14)12-17-19/h1-2,4-5,12H,3,6-11H2,(H,16,20). The lowest BCUT2D eigenvalue weighted by atomic mass is 10.3. The first-order valence-corrected chi connectivity index (χ1v) is 7.36. The van der Waals surface area contributed by atoms with Crippen molar-refractivity contribution in [1.29, 1.82) is 0 Å². The molecule has 2 aromatic rings. The number of nitrogens with one attached hydrogen (secondary N) is 1. The van der Waals surface area contributed by atoms with Gasteiger partial charge in [-0.25, -0.2) is 4.79 Å². The summed E-state index contributed by atoms with van der Waals surface area (Å²) in [5.74, 6) is 0. The van der Waals surface area contributed by atoms with Crippen molar-refractivity contribution in [3.63, 3.8) is 0 Å². The largest absolute Gasteiger partial charge is 0.379 e. The highest BCUT2D eigenvalue weighted by Gasteiger charge is 2.11. The van der Waals surface area contributed by atoms with E-state index in [-0.39, 0.29) is 6.03 Å². The molecule has 1 aliphatic rings. The fraction of sp³-hybridized carbons (Fsp3) is 0.467. The SMILES string of the molecule is O=C(NCCCN1CCOCC1)n1ncc2ccccc21. The Morgan fingerprint density at radius 2 is 2.10 bits per heavy atom. The number of rotatable bonds is 4. The van der Waals surface area contributed by atoms with Gasteiger partial charge in [-0.15, -0.1) is 0 Å². The van der Waals surface area contributed by atoms with Crippen molar-refractivity contribution in [3.8, 4) is 0 Å². The molecule has 0 saturated carbocycles. The lowest BCUT2D eigenvalue weighted by Crippen LogP contribution is -2.38. The molecule has 6 nitrogen and oxygen atoms in total. The summed E-state index contributed by atoms with van der Waals surface area (Å²) in [6.45, 7) is 5.24. The lowest BCUT2D eigenvalue weighted by molar-refractivity contribution is 0.0375. The predicted octanol–water partition coefficient (Wildman–Crippen LogP) is 1.32. The van der Waals surface area contributed by atoms with Gasteiger partial charge < -0.3 is 10.1 Å². The second-order valence-electron chi connectivity index (χ2n) is 5.15. The molecule has 1 saturated heterocycles. The number of aromatic nitrogens is 2. The third kappa shape index (κ3) is 3.40. The second kappa shape index (κ2) is 6.69. The Hall–Kier alpha value is -1.92. The zero-order valence-corrected chi connectivity index (χ0v) is 12.0. The molecule has 0 unspecified atom stereocenters. The van der Waals surface area contributed by atoms with E-state index in [1.54, 1.807) is 6.20 Å². The maximum Gasteiger partial charge on any atom is 0.342 e. The number of benzene rings is 1. The summed E-state index contributed by atoms with van der Waals surface area (Å²) in [5.41, 5.74) is 0.836. The summed E-state index contributed by atoms with van der Waals surface area (Å²) >= 11 is 0. The number of nitrogens with zero attached hydrogens (tertiary/aromatic N) is 3. The topological polar surface area (TPSA) is 59.4 Å². The van der Waals surface area contributed by atoms with Gasteiger partial charge in [0, 0.05) is 25.0 Å². The number of ether oxygens (including phenoxy) is 1. The molecule has 0 radical (unpaired) electrons. The number of fused-ring (bicyclic) bond motifs is 1. The molecular weight excluding hydrogens is 268 g/mol. The van der Waals surface area contributed by atoms with Gasteiger partial charge in [-0.1, -0.05) is 18.2 Å². The Bertz CT molecular complexity index is 604. The van der Waals surface area contributed by atoms with E-state index >= 15 is 0 Å². The fourth-order valence-corrected chi connectivity index (χ4v) is 2.53. The van der Waals surface area contributed by atoms with Gasteiger partial charge in [0.25, 0.3) is 0 Å². The molecular formula is C15H20N4O2. The number of carbonyl (C=O) groups excluding carboxylic acids is 1. The van der Waals surface area contributed by atoms with Crippen LogP contribution in [0.2, 0.25) is 0 Å². The minimum atomic E-state index is -0.168. The minimum absolute atomic E-state index is 0.168. The average molecular weight is 288 g/mol. The first-order valence-electron chi connectivity index (χ1n) is 7.36. The molecule has 6 heteroatoms. The molecule has 1 N–H and O–H groups in total. The van der Waals surface area contributed by atoms with Gasteiger partial charge in [-0.2, -0.15) is 9.78 Å². The van der Waals surface area contributed by atoms with Crippen molar-refractivity contribution in [2.45, 2.75) is 6.42 Å². The lowest BCUT2D eigenvalue weighted by Gasteiger charge is -2.26. The van der Waals surface area contributed by atoms with Gasteiger partial charge in [0.15, 0.2) is 0 Å². The van der Waals surface area contributed by atoms with E-state index in [2.05, 4.69) is 15.3 Å². The van der Waals surface area contributed by atoms with Crippen LogP contribution in [-0.4, -0.2) is 60.1 Å². The van der Waals surface area contributed by atoms with E-state index in [1.807, 2.05) is 24.3 Å². The quantitative estimate of drug-likeness (QED) is 0.862. The second-order valence-corrected chi connectivity index (χ2v) is 5.15. The molecule has 1 fully saturated rings. The zero-order valence-electron chi connectivity index (χ0n) is 12.0. The highest BCUT2D eigenvalue weighted by molar-refractivity contribution is 5.89. The van der Waals surface area contributed by atoms with E-state index < -0.39 is 0 Å². The van der Waals surface area contributed by atoms with Crippen LogP contribution in [0.25, 0.3) is 10.9 Å². The molecule has 1 aromatic heterocycles. The van der Waals surface area contributed by atoms with E-state index in [0.29, 0.717) is 6.54 Å². The van der Waals surface area contributed by atoms with Gasteiger partial charge in [0.2, 0.25) is 0 Å². The first-order chi connectivity index (χ1) is 10.3. The summed E-state index contributed by atoms with van der Waals surface area (Å²) in [5, 5.41) is 8.04. The number of carbonyl (C=O) groups is 1. The Kier molecular flexibility index (Phi) is 4.47. The summed E-state index contributed by atoms with van der Waals surface area (Å²) in [6.07, 6.45) is 2.65. The molecule has 2 heterocycles. The third-order valence-corrected chi connectivity index (χ3v) is 3.70. The predicted molar refractivity (Wildman–Crippen MR) is 80.4 cm³/mol. The van der Waals surface area contributed by atoms with Gasteiger partial charge in [-0.3, -0.25) is 4.90 Å². The van der Waals surface area contributed by atoms with Crippen LogP contribution in [-0.2, 0) is 4.74 Å². The van der Waals surface area contributed by atoms with Crippen molar-refractivity contribution in [2.24, 2.45) is 0 Å². The summed E-state index contributed by atoms with van der Waals surface area (Å²) in [7, 11) is 0. The Labute approximate surface area is 123 Å². The minimum Gasteiger partial charge on any atom is -0.379 e. The van der Waals surface area contributed by atoms with E-state index in [9.17, 15) is 4.79 Å². The van der Waals surface area contributed by atoms with E-state index in [4.69, 9.17) is 4.74 Å². The van der Waals surface area contributed by atoms with Crippen LogP contribution in [0.15, 0.2) is 30.5 Å². The maximum absolute atomic E-state index is 12.1. The van der Waals surface area contributed by atoms with Crippen molar-refractivity contribution >= 4 is 16.9 Å². The zero-order chi connectivity index (χ0) is 14.5. The van der Waals surface area contributed by atoms with Gasteiger partial charge in [-0.05, 0) is 19.0 Å². The molecule has 0 spiro atoms. The molecule has 1 amide bonds. The third-order valence-electron chi connectivity index (χ3n) is 3.70. The van der Waals surface area contributed by atoms with Crippen molar-refractivity contribution in [2.75, 3.05) is 39.4 Å². The summed E-state index contributed by atoms with van der Waals surface area (Å²) in [4.78, 5) is 14.5. The first kappa shape index (κ1) is 14.0. The smallest absolute Gasteiger partial charge is 0.342 e. The number of hydrogen-bond acceptors (Lipinski definition) is 4. The Morgan fingerprint density at radius 3 is 2.95 bits per heavy atom. The molecule has 0 atom stereocenters. The van der Waals surface area contributed by atoms with Crippen LogP contribution in [0.3, 0.4) is 0 Å². The summed E-state index contributed by atoms with van der Waals surface area (Å²) in [6, 6.07) is 7.53. The van der Waals surface area contributed by atoms with E-state index in [0.717, 1.165) is 50.2 Å². The van der Waals surface area contributed by atoms with Gasteiger partial charge in [0.1, 0.15) is 0 Å². The summed E-state index contributed by atoms with van der Waals surface area (Å²) < 4.78 is 6.73. The normalized spacial score (nSPS) is 16.2. The van der Waals surface area contributed by atoms with Crippen molar-refractivity contribution in [1.82, 2.24) is 20.0 Å². The molecule has 21 heavy (non-hydrogen) atoms. The van der Waals surface area contributed by atoms with Crippen LogP contribution >= 0.6 is 0 Å². The highest BCUT2D eigenvalue weighted by atomic mass is 16.5. The molecule has 0 bridgehead atoms. The van der Waals surface area contributed by atoms with E-state index in [1.165, 1.54) is 4.68 Å². The number of morpholine rings is 1. The Balaban J connectivity index is 1.48. The average Bonchev–Trinajstić information content (AvgIpc) is 2.96. The van der Waals surface area contributed by atoms with Gasteiger partial charge >= 0.3 is 6.03 Å². The highest BCUT2D eigenvalue weighted by Crippen LogP contribution is 2.11. The molecule has 1 aliphatic heterocycles. The van der Waals surface area contributed by atoms with Crippen LogP contribution in [0.5, 0.6) is 0 Å². The number of para-hydroxylation sites is 1. The van der Waals surface area contributed by atoms with Crippen molar-refractivity contribution < 1.29 is 9.53 Å². The van der Waals surface area contributed by atoms with Crippen LogP contribution in [0.4, 0.5) is 4.79 Å². The number of hydrogen-bond donors (Lipinski definition) is 1. The number of amides is 1. The molecule has 1 aromatic carbocycles. The van der Waals surface area contributed by atoms with Crippen LogP contribution in [0, 0.1) is 0 Å². The van der Waals surface area contributed by atoms with Gasteiger partial charge in [0.05, 0.1) is 24.9 Å². The maximum atomic E-state index is 12.1. The van der Waals surface area contributed by atoms with Crippen LogP contribution in [0.1, 0.15) is 6.42 Å².